The molecule has 0 fully saturated rings. The molecule has 0 unspecified atom stereocenters. The molecule has 0 radical (unpaired) electrons. The van der Waals surface area contributed by atoms with Crippen molar-refractivity contribution in [3.8, 4) is 0 Å². The van der Waals surface area contributed by atoms with Crippen LogP contribution in [0.25, 0.3) is 0 Å². The zero-order valence-corrected chi connectivity index (χ0v) is 13.5. The summed E-state index contributed by atoms with van der Waals surface area (Å²) in [6.07, 6.45) is 0. The van der Waals surface area contributed by atoms with Gasteiger partial charge in [0.15, 0.2) is 0 Å². The molecule has 0 heterocycles. The average molecular weight is 317 g/mol. The summed E-state index contributed by atoms with van der Waals surface area (Å²) in [5, 5.41) is 3.08. The molecule has 0 atom stereocenters. The van der Waals surface area contributed by atoms with Gasteiger partial charge in [0, 0.05) is 25.5 Å². The maximum absolute atomic E-state index is 12.1. The van der Waals surface area contributed by atoms with Gasteiger partial charge in [-0.1, -0.05) is 11.6 Å². The lowest BCUT2D eigenvalue weighted by molar-refractivity contribution is -0.122. The summed E-state index contributed by atoms with van der Waals surface area (Å²) in [6, 6.07) is 4.77. The van der Waals surface area contributed by atoms with Crippen LogP contribution < -0.4 is 5.32 Å². The van der Waals surface area contributed by atoms with Crippen LogP contribution in [0.15, 0.2) is 18.2 Å². The van der Waals surface area contributed by atoms with Crippen LogP contribution in [-0.4, -0.2) is 36.7 Å². The van der Waals surface area contributed by atoms with E-state index in [1.54, 1.807) is 46.1 Å². The lowest BCUT2D eigenvalue weighted by Gasteiger charge is -2.21. The first kappa shape index (κ1) is 16.8. The summed E-state index contributed by atoms with van der Waals surface area (Å²) >= 11 is 11.8. The zero-order chi connectivity index (χ0) is 15.5. The summed E-state index contributed by atoms with van der Waals surface area (Å²) in [7, 11) is 3.32. The topological polar surface area (TPSA) is 49.4 Å². The molecule has 0 aromatic heterocycles. The predicted molar refractivity (Wildman–Crippen MR) is 82.6 cm³/mol. The lowest BCUT2D eigenvalue weighted by atomic mass is 9.95. The summed E-state index contributed by atoms with van der Waals surface area (Å²) in [5.41, 5.74) is 0.146. The minimum absolute atomic E-state index is 0.159. The second kappa shape index (κ2) is 6.46. The van der Waals surface area contributed by atoms with Gasteiger partial charge in [-0.15, -0.1) is 11.6 Å². The molecule has 4 nitrogen and oxygen atoms in total. The number of nitrogens with one attached hydrogen (secondary N) is 1. The molecule has 110 valence electrons. The van der Waals surface area contributed by atoms with Crippen molar-refractivity contribution in [1.29, 1.82) is 0 Å². The number of rotatable bonds is 4. The van der Waals surface area contributed by atoms with Crippen LogP contribution >= 0.6 is 23.2 Å². The highest BCUT2D eigenvalue weighted by Gasteiger charge is 2.27. The minimum Gasteiger partial charge on any atom is -0.345 e. The molecule has 2 amide bonds. The summed E-state index contributed by atoms with van der Waals surface area (Å²) in [6.45, 7) is 3.47. The first-order valence-electron chi connectivity index (χ1n) is 6.07. The molecule has 0 saturated heterocycles. The van der Waals surface area contributed by atoms with Gasteiger partial charge in [-0.05, 0) is 32.0 Å². The molecular weight excluding hydrogens is 299 g/mol. The number of halogens is 2. The van der Waals surface area contributed by atoms with Gasteiger partial charge < -0.3 is 10.2 Å². The fourth-order valence-electron chi connectivity index (χ4n) is 1.36. The van der Waals surface area contributed by atoms with E-state index in [1.807, 2.05) is 0 Å². The molecule has 0 aliphatic carbocycles. The van der Waals surface area contributed by atoms with Gasteiger partial charge in [-0.2, -0.15) is 0 Å². The predicted octanol–water partition coefficient (Wildman–Crippen LogP) is 3.25. The fraction of sp³-hybridized carbons (Fsp3) is 0.429. The van der Waals surface area contributed by atoms with Crippen molar-refractivity contribution in [2.75, 3.05) is 25.3 Å². The van der Waals surface area contributed by atoms with E-state index in [9.17, 15) is 9.59 Å². The van der Waals surface area contributed by atoms with Crippen LogP contribution in [0.3, 0.4) is 0 Å². The van der Waals surface area contributed by atoms with E-state index in [2.05, 4.69) is 5.32 Å². The Hall–Kier alpha value is -1.26. The van der Waals surface area contributed by atoms with Crippen molar-refractivity contribution < 1.29 is 9.59 Å². The Labute approximate surface area is 129 Å². The first-order chi connectivity index (χ1) is 9.19. The number of hydrogen-bond acceptors (Lipinski definition) is 2. The summed E-state index contributed by atoms with van der Waals surface area (Å²) < 4.78 is 0. The fourth-order valence-corrected chi connectivity index (χ4v) is 1.65. The molecule has 0 saturated carbocycles. The van der Waals surface area contributed by atoms with Gasteiger partial charge >= 0.3 is 0 Å². The van der Waals surface area contributed by atoms with Crippen molar-refractivity contribution >= 4 is 40.7 Å². The van der Waals surface area contributed by atoms with E-state index in [1.165, 1.54) is 4.90 Å². The molecule has 1 N–H and O–H groups in total. The third kappa shape index (κ3) is 3.87. The van der Waals surface area contributed by atoms with Crippen LogP contribution in [0.5, 0.6) is 0 Å². The molecule has 20 heavy (non-hydrogen) atoms. The Balaban J connectivity index is 3.04. The molecule has 1 aromatic rings. The van der Waals surface area contributed by atoms with Crippen LogP contribution in [0, 0.1) is 5.41 Å². The monoisotopic (exact) mass is 316 g/mol. The van der Waals surface area contributed by atoms with Crippen molar-refractivity contribution in [1.82, 2.24) is 4.90 Å². The van der Waals surface area contributed by atoms with Gasteiger partial charge in [0.2, 0.25) is 5.91 Å². The highest BCUT2D eigenvalue weighted by atomic mass is 35.5. The van der Waals surface area contributed by atoms with Crippen molar-refractivity contribution in [3.63, 3.8) is 0 Å². The van der Waals surface area contributed by atoms with Gasteiger partial charge in [0.25, 0.3) is 5.91 Å². The number of carbonyl (C=O) groups excluding carboxylic acids is 2. The number of alkyl halides is 1. The Morgan fingerprint density at radius 3 is 2.40 bits per heavy atom. The van der Waals surface area contributed by atoms with Gasteiger partial charge in [0.1, 0.15) is 0 Å². The normalized spacial score (nSPS) is 11.1. The number of benzene rings is 1. The number of carbonyl (C=O) groups is 2. The average Bonchev–Trinajstić information content (AvgIpc) is 2.40. The Bertz CT molecular complexity index is 528. The van der Waals surface area contributed by atoms with Gasteiger partial charge in [0.05, 0.1) is 16.1 Å². The Morgan fingerprint density at radius 1 is 1.30 bits per heavy atom. The largest absolute Gasteiger partial charge is 0.345 e. The molecule has 1 aromatic carbocycles. The zero-order valence-electron chi connectivity index (χ0n) is 12.0. The van der Waals surface area contributed by atoms with Crippen molar-refractivity contribution in [2.24, 2.45) is 5.41 Å². The van der Waals surface area contributed by atoms with E-state index >= 15 is 0 Å². The second-order valence-electron chi connectivity index (χ2n) is 5.37. The number of hydrogen-bond donors (Lipinski definition) is 1. The number of anilines is 1. The molecule has 6 heteroatoms. The molecule has 1 rings (SSSR count). The third-order valence-electron chi connectivity index (χ3n) is 2.82. The van der Waals surface area contributed by atoms with Crippen LogP contribution in [0.4, 0.5) is 5.69 Å². The van der Waals surface area contributed by atoms with E-state index < -0.39 is 5.41 Å². The van der Waals surface area contributed by atoms with Crippen LogP contribution in [0.2, 0.25) is 5.02 Å². The minimum atomic E-state index is -0.716. The molecular formula is C14H18Cl2N2O2. The second-order valence-corrected chi connectivity index (χ2v) is 6.04. The van der Waals surface area contributed by atoms with Crippen molar-refractivity contribution in [2.45, 2.75) is 13.8 Å². The van der Waals surface area contributed by atoms with Crippen LogP contribution in [-0.2, 0) is 4.79 Å². The SMILES string of the molecule is CN(C)C(=O)c1ccc(Cl)c(NC(=O)C(C)(C)CCl)c1. The van der Waals surface area contributed by atoms with Gasteiger partial charge in [-0.3, -0.25) is 9.59 Å². The maximum atomic E-state index is 12.1. The lowest BCUT2D eigenvalue weighted by Crippen LogP contribution is -2.32. The van der Waals surface area contributed by atoms with E-state index in [0.717, 1.165) is 0 Å². The van der Waals surface area contributed by atoms with E-state index in [-0.39, 0.29) is 17.7 Å². The molecule has 0 aliphatic heterocycles. The molecule has 0 spiro atoms. The molecule has 0 bridgehead atoms. The smallest absolute Gasteiger partial charge is 0.253 e. The quantitative estimate of drug-likeness (QED) is 0.867. The van der Waals surface area contributed by atoms with E-state index in [0.29, 0.717) is 16.3 Å². The highest BCUT2D eigenvalue weighted by Crippen LogP contribution is 2.26. The third-order valence-corrected chi connectivity index (χ3v) is 3.81. The maximum Gasteiger partial charge on any atom is 0.253 e. The Morgan fingerprint density at radius 2 is 1.90 bits per heavy atom. The van der Waals surface area contributed by atoms with E-state index in [4.69, 9.17) is 23.2 Å². The molecule has 0 aliphatic rings. The Kier molecular flexibility index (Phi) is 5.42. The number of nitrogens with zero attached hydrogens (tertiary/aromatic N) is 1. The van der Waals surface area contributed by atoms with Crippen LogP contribution in [0.1, 0.15) is 24.2 Å². The summed E-state index contributed by atoms with van der Waals surface area (Å²) in [5.74, 6) is -0.218. The van der Waals surface area contributed by atoms with Crippen molar-refractivity contribution in [3.05, 3.63) is 28.8 Å². The highest BCUT2D eigenvalue weighted by molar-refractivity contribution is 6.34. The van der Waals surface area contributed by atoms with Gasteiger partial charge in [-0.25, -0.2) is 0 Å². The standard InChI is InChI=1S/C14H18Cl2N2O2/c1-14(2,8-15)13(20)17-11-7-9(5-6-10(11)16)12(19)18(3)4/h5-7H,8H2,1-4H3,(H,17,20). The first-order valence-corrected chi connectivity index (χ1v) is 6.99. The summed E-state index contributed by atoms with van der Waals surface area (Å²) in [4.78, 5) is 25.4. The number of amides is 2.